The van der Waals surface area contributed by atoms with Gasteiger partial charge in [-0.25, -0.2) is 0 Å². The van der Waals surface area contributed by atoms with Gasteiger partial charge in [-0.2, -0.15) is 13.2 Å². The molecular weight excluding hydrogens is 339 g/mol. The second kappa shape index (κ2) is 7.64. The van der Waals surface area contributed by atoms with Gasteiger partial charge in [0.05, 0.1) is 18.2 Å². The number of ether oxygens (including phenoxy) is 1. The molecule has 3 nitrogen and oxygen atoms in total. The zero-order valence-electron chi connectivity index (χ0n) is 10.8. The van der Waals surface area contributed by atoms with Crippen molar-refractivity contribution < 1.29 is 22.7 Å². The standard InChI is InChI=1S/C13H15BrF3NO2/c1-20-8-11(6-7-14)18-12(19)9-2-4-10(5-3-9)13(15,16)17/h2-5,11H,6-8H2,1H3,(H,18,19). The summed E-state index contributed by atoms with van der Waals surface area (Å²) in [6.45, 7) is 0.345. The van der Waals surface area contributed by atoms with Crippen molar-refractivity contribution in [1.29, 1.82) is 0 Å². The van der Waals surface area contributed by atoms with Gasteiger partial charge in [0.25, 0.3) is 5.91 Å². The molecular formula is C13H15BrF3NO2. The third-order valence-electron chi connectivity index (χ3n) is 2.64. The summed E-state index contributed by atoms with van der Waals surface area (Å²) in [6, 6.07) is 3.93. The second-order valence-corrected chi connectivity index (χ2v) is 4.97. The van der Waals surface area contributed by atoms with Crippen molar-refractivity contribution in [2.75, 3.05) is 19.0 Å². The molecule has 0 aliphatic rings. The highest BCUT2D eigenvalue weighted by Crippen LogP contribution is 2.29. The van der Waals surface area contributed by atoms with Crippen LogP contribution in [-0.2, 0) is 10.9 Å². The van der Waals surface area contributed by atoms with Crippen LogP contribution in [0.3, 0.4) is 0 Å². The van der Waals surface area contributed by atoms with E-state index in [0.29, 0.717) is 18.4 Å². The first-order valence-corrected chi connectivity index (χ1v) is 7.03. The quantitative estimate of drug-likeness (QED) is 0.797. The van der Waals surface area contributed by atoms with Gasteiger partial charge >= 0.3 is 6.18 Å². The Balaban J connectivity index is 2.72. The number of hydrogen-bond donors (Lipinski definition) is 1. The van der Waals surface area contributed by atoms with E-state index in [0.717, 1.165) is 24.3 Å². The van der Waals surface area contributed by atoms with E-state index in [1.807, 2.05) is 0 Å². The normalized spacial score (nSPS) is 13.1. The highest BCUT2D eigenvalue weighted by molar-refractivity contribution is 9.09. The van der Waals surface area contributed by atoms with Crippen LogP contribution in [0.2, 0.25) is 0 Å². The van der Waals surface area contributed by atoms with Crippen molar-refractivity contribution in [3.63, 3.8) is 0 Å². The lowest BCUT2D eigenvalue weighted by atomic mass is 10.1. The van der Waals surface area contributed by atoms with Crippen LogP contribution in [0.4, 0.5) is 13.2 Å². The third-order valence-corrected chi connectivity index (χ3v) is 3.09. The largest absolute Gasteiger partial charge is 0.416 e. The van der Waals surface area contributed by atoms with Gasteiger partial charge in [0.15, 0.2) is 0 Å². The van der Waals surface area contributed by atoms with E-state index in [1.165, 1.54) is 7.11 Å². The molecule has 0 fully saturated rings. The maximum Gasteiger partial charge on any atom is 0.416 e. The molecule has 1 atom stereocenters. The number of amides is 1. The monoisotopic (exact) mass is 353 g/mol. The fourth-order valence-corrected chi connectivity index (χ4v) is 2.16. The summed E-state index contributed by atoms with van der Waals surface area (Å²) < 4.78 is 42.2. The van der Waals surface area contributed by atoms with Gasteiger partial charge in [0.2, 0.25) is 0 Å². The van der Waals surface area contributed by atoms with E-state index < -0.39 is 17.6 Å². The van der Waals surface area contributed by atoms with Crippen molar-refractivity contribution in [3.8, 4) is 0 Å². The van der Waals surface area contributed by atoms with E-state index in [2.05, 4.69) is 21.2 Å². The Bertz CT molecular complexity index is 428. The Morgan fingerprint density at radius 1 is 1.35 bits per heavy atom. The summed E-state index contributed by atoms with van der Waals surface area (Å²) in [5, 5.41) is 3.41. The molecule has 20 heavy (non-hydrogen) atoms. The number of alkyl halides is 4. The maximum absolute atomic E-state index is 12.4. The van der Waals surface area contributed by atoms with Crippen molar-refractivity contribution in [2.24, 2.45) is 0 Å². The van der Waals surface area contributed by atoms with Crippen molar-refractivity contribution in [3.05, 3.63) is 35.4 Å². The lowest BCUT2D eigenvalue weighted by Gasteiger charge is -2.17. The SMILES string of the molecule is COCC(CCBr)NC(=O)c1ccc(C(F)(F)F)cc1. The average Bonchev–Trinajstić information content (AvgIpc) is 2.38. The van der Waals surface area contributed by atoms with Crippen molar-refractivity contribution in [2.45, 2.75) is 18.6 Å². The van der Waals surface area contributed by atoms with E-state index in [-0.39, 0.29) is 11.6 Å². The molecule has 0 aromatic heterocycles. The highest BCUT2D eigenvalue weighted by atomic mass is 79.9. The molecule has 1 rings (SSSR count). The summed E-state index contributed by atoms with van der Waals surface area (Å²) >= 11 is 3.27. The van der Waals surface area contributed by atoms with Crippen LogP contribution in [0.5, 0.6) is 0 Å². The molecule has 1 amide bonds. The highest BCUT2D eigenvalue weighted by Gasteiger charge is 2.30. The lowest BCUT2D eigenvalue weighted by Crippen LogP contribution is -2.38. The first-order chi connectivity index (χ1) is 9.38. The number of halogens is 4. The van der Waals surface area contributed by atoms with Crippen LogP contribution in [0, 0.1) is 0 Å². The fourth-order valence-electron chi connectivity index (χ4n) is 1.61. The van der Waals surface area contributed by atoms with Gasteiger partial charge in [-0.15, -0.1) is 0 Å². The zero-order valence-corrected chi connectivity index (χ0v) is 12.4. The predicted molar refractivity (Wildman–Crippen MR) is 73.0 cm³/mol. The van der Waals surface area contributed by atoms with E-state index in [1.54, 1.807) is 0 Å². The van der Waals surface area contributed by atoms with Crippen LogP contribution < -0.4 is 5.32 Å². The topological polar surface area (TPSA) is 38.3 Å². The summed E-state index contributed by atoms with van der Waals surface area (Å²) in [5.74, 6) is -0.415. The van der Waals surface area contributed by atoms with Gasteiger partial charge in [0, 0.05) is 18.0 Å². The number of hydrogen-bond acceptors (Lipinski definition) is 2. The molecule has 0 saturated heterocycles. The Morgan fingerprint density at radius 3 is 2.40 bits per heavy atom. The molecule has 0 spiro atoms. The molecule has 0 aliphatic carbocycles. The van der Waals surface area contributed by atoms with Gasteiger partial charge < -0.3 is 10.1 Å². The minimum absolute atomic E-state index is 0.186. The number of methoxy groups -OCH3 is 1. The van der Waals surface area contributed by atoms with Crippen LogP contribution in [-0.4, -0.2) is 31.0 Å². The van der Waals surface area contributed by atoms with Crippen LogP contribution in [0.1, 0.15) is 22.3 Å². The molecule has 1 aromatic carbocycles. The van der Waals surface area contributed by atoms with Crippen LogP contribution in [0.25, 0.3) is 0 Å². The van der Waals surface area contributed by atoms with Gasteiger partial charge in [-0.3, -0.25) is 4.79 Å². The molecule has 1 N–H and O–H groups in total. The number of nitrogens with one attached hydrogen (secondary N) is 1. The Morgan fingerprint density at radius 2 is 1.95 bits per heavy atom. The summed E-state index contributed by atoms with van der Waals surface area (Å²) in [4.78, 5) is 11.9. The van der Waals surface area contributed by atoms with Gasteiger partial charge in [-0.1, -0.05) is 15.9 Å². The van der Waals surface area contributed by atoms with Crippen molar-refractivity contribution >= 4 is 21.8 Å². The van der Waals surface area contributed by atoms with Crippen LogP contribution in [0.15, 0.2) is 24.3 Å². The molecule has 1 aromatic rings. The smallest absolute Gasteiger partial charge is 0.383 e. The maximum atomic E-state index is 12.4. The van der Waals surface area contributed by atoms with E-state index in [9.17, 15) is 18.0 Å². The van der Waals surface area contributed by atoms with Crippen LogP contribution >= 0.6 is 15.9 Å². The number of carbonyl (C=O) groups excluding carboxylic acids is 1. The number of carbonyl (C=O) groups is 1. The first kappa shape index (κ1) is 17.0. The Hall–Kier alpha value is -1.08. The summed E-state index contributed by atoms with van der Waals surface area (Å²) in [6.07, 6.45) is -3.73. The lowest BCUT2D eigenvalue weighted by molar-refractivity contribution is -0.137. The first-order valence-electron chi connectivity index (χ1n) is 5.91. The molecule has 0 saturated carbocycles. The molecule has 1 unspecified atom stereocenters. The molecule has 112 valence electrons. The molecule has 0 radical (unpaired) electrons. The predicted octanol–water partition coefficient (Wildman–Crippen LogP) is 3.24. The summed E-state index contributed by atoms with van der Waals surface area (Å²) in [5.41, 5.74) is -0.586. The number of benzene rings is 1. The minimum Gasteiger partial charge on any atom is -0.383 e. The number of rotatable bonds is 6. The Labute approximate surface area is 123 Å². The molecule has 0 bridgehead atoms. The molecule has 0 aliphatic heterocycles. The van der Waals surface area contributed by atoms with E-state index in [4.69, 9.17) is 4.74 Å². The third kappa shape index (κ3) is 5.13. The second-order valence-electron chi connectivity index (χ2n) is 4.18. The van der Waals surface area contributed by atoms with Crippen molar-refractivity contribution in [1.82, 2.24) is 5.32 Å². The summed E-state index contributed by atoms with van der Waals surface area (Å²) in [7, 11) is 1.52. The average molecular weight is 354 g/mol. The fraction of sp³-hybridized carbons (Fsp3) is 0.462. The Kier molecular flexibility index (Phi) is 6.48. The molecule has 0 heterocycles. The minimum atomic E-state index is -4.40. The zero-order chi connectivity index (χ0) is 15.2. The van der Waals surface area contributed by atoms with E-state index >= 15 is 0 Å². The molecule has 7 heteroatoms. The van der Waals surface area contributed by atoms with Gasteiger partial charge in [-0.05, 0) is 30.7 Å². The van der Waals surface area contributed by atoms with Gasteiger partial charge in [0.1, 0.15) is 0 Å².